The number of alkyl halides is 1. The van der Waals surface area contributed by atoms with E-state index in [0.717, 1.165) is 12.5 Å². The Morgan fingerprint density at radius 1 is 1.19 bits per heavy atom. The Kier molecular flexibility index (Phi) is 11.8. The first kappa shape index (κ1) is 27.5. The van der Waals surface area contributed by atoms with Crippen molar-refractivity contribution >= 4 is 21.4 Å². The van der Waals surface area contributed by atoms with Crippen LogP contribution in [0.25, 0.3) is 0 Å². The molecule has 0 aliphatic carbocycles. The van der Waals surface area contributed by atoms with Gasteiger partial charge in [-0.25, -0.2) is 17.9 Å². The van der Waals surface area contributed by atoms with Crippen LogP contribution in [0.4, 0.5) is 15.8 Å². The number of hydrogen-bond acceptors (Lipinski definition) is 6. The van der Waals surface area contributed by atoms with Crippen molar-refractivity contribution in [3.8, 4) is 0 Å². The molecule has 10 heteroatoms. The number of aryl methyl sites for hydroxylation is 1. The number of halogens is 1. The van der Waals surface area contributed by atoms with Crippen LogP contribution in [0.3, 0.4) is 0 Å². The number of nitro benzene ring substituents is 1. The van der Waals surface area contributed by atoms with Crippen LogP contribution in [0.1, 0.15) is 32.8 Å². The highest BCUT2D eigenvalue weighted by Crippen LogP contribution is 2.27. The van der Waals surface area contributed by atoms with Crippen molar-refractivity contribution in [1.29, 1.82) is 0 Å². The molecule has 0 bridgehead atoms. The first-order valence-corrected chi connectivity index (χ1v) is 12.2. The summed E-state index contributed by atoms with van der Waals surface area (Å²) in [5.74, 6) is 0. The fourth-order valence-electron chi connectivity index (χ4n) is 2.92. The molecule has 1 heterocycles. The van der Waals surface area contributed by atoms with Gasteiger partial charge in [0.1, 0.15) is 11.9 Å². The number of primary sulfonamides is 1. The average molecular weight is 469 g/mol. The SMILES string of the molecule is CC.CCc1ccccc1.NS(=O)(=O)c1ccc(NCCCN2CC(F)C2)c([N+](=O)[O-])c1. The van der Waals surface area contributed by atoms with Crippen LogP contribution in [-0.2, 0) is 16.4 Å². The summed E-state index contributed by atoms with van der Waals surface area (Å²) in [5.41, 5.74) is 1.29. The highest BCUT2D eigenvalue weighted by atomic mass is 32.2. The summed E-state index contributed by atoms with van der Waals surface area (Å²) in [6.07, 6.45) is 1.08. The van der Waals surface area contributed by atoms with Crippen molar-refractivity contribution in [3.63, 3.8) is 0 Å². The van der Waals surface area contributed by atoms with Crippen LogP contribution in [0, 0.1) is 10.1 Å². The van der Waals surface area contributed by atoms with Gasteiger partial charge in [0.05, 0.1) is 9.82 Å². The summed E-state index contributed by atoms with van der Waals surface area (Å²) in [4.78, 5) is 12.0. The molecule has 32 heavy (non-hydrogen) atoms. The number of likely N-dealkylation sites (tertiary alicyclic amines) is 1. The van der Waals surface area contributed by atoms with E-state index in [4.69, 9.17) is 5.14 Å². The number of nitro groups is 1. The van der Waals surface area contributed by atoms with Gasteiger partial charge in [0.15, 0.2) is 0 Å². The zero-order valence-corrected chi connectivity index (χ0v) is 19.6. The van der Waals surface area contributed by atoms with Gasteiger partial charge in [-0.05, 0) is 30.5 Å². The molecule has 0 radical (unpaired) electrons. The molecule has 1 aliphatic heterocycles. The minimum Gasteiger partial charge on any atom is -0.379 e. The van der Waals surface area contributed by atoms with Crippen LogP contribution in [0.15, 0.2) is 53.4 Å². The minimum absolute atomic E-state index is 0.226. The third kappa shape index (κ3) is 9.29. The van der Waals surface area contributed by atoms with Gasteiger partial charge in [-0.15, -0.1) is 0 Å². The molecule has 178 valence electrons. The van der Waals surface area contributed by atoms with Gasteiger partial charge >= 0.3 is 0 Å². The molecule has 0 saturated carbocycles. The molecule has 1 fully saturated rings. The molecule has 8 nitrogen and oxygen atoms in total. The molecule has 1 aliphatic rings. The van der Waals surface area contributed by atoms with E-state index >= 15 is 0 Å². The van der Waals surface area contributed by atoms with E-state index in [1.807, 2.05) is 24.8 Å². The lowest BCUT2D eigenvalue weighted by atomic mass is 10.2. The Balaban J connectivity index is 0.000000427. The zero-order valence-electron chi connectivity index (χ0n) is 18.8. The predicted molar refractivity (Wildman–Crippen MR) is 126 cm³/mol. The first-order valence-electron chi connectivity index (χ1n) is 10.7. The normalized spacial score (nSPS) is 13.7. The van der Waals surface area contributed by atoms with Crippen molar-refractivity contribution in [2.24, 2.45) is 5.14 Å². The van der Waals surface area contributed by atoms with Crippen LogP contribution in [-0.4, -0.2) is 50.6 Å². The third-order valence-electron chi connectivity index (χ3n) is 4.62. The van der Waals surface area contributed by atoms with Gasteiger partial charge in [-0.2, -0.15) is 0 Å². The summed E-state index contributed by atoms with van der Waals surface area (Å²) in [5, 5.41) is 18.9. The predicted octanol–water partition coefficient (Wildman–Crippen LogP) is 3.97. The molecule has 0 aromatic heterocycles. The fraction of sp³-hybridized carbons (Fsp3) is 0.455. The summed E-state index contributed by atoms with van der Waals surface area (Å²) in [7, 11) is -3.99. The molecular formula is C22H33FN4O4S. The summed E-state index contributed by atoms with van der Waals surface area (Å²) in [6.45, 7) is 8.20. The van der Waals surface area contributed by atoms with Gasteiger partial charge in [0.25, 0.3) is 5.69 Å². The molecule has 3 rings (SSSR count). The third-order valence-corrected chi connectivity index (χ3v) is 5.54. The van der Waals surface area contributed by atoms with Crippen molar-refractivity contribution in [3.05, 3.63) is 64.2 Å². The lowest BCUT2D eigenvalue weighted by Gasteiger charge is -2.34. The minimum atomic E-state index is -3.99. The number of rotatable bonds is 8. The fourth-order valence-corrected chi connectivity index (χ4v) is 3.45. The average Bonchev–Trinajstić information content (AvgIpc) is 2.76. The van der Waals surface area contributed by atoms with Gasteiger partial charge in [0.2, 0.25) is 10.0 Å². The van der Waals surface area contributed by atoms with Crippen molar-refractivity contribution in [1.82, 2.24) is 4.90 Å². The molecule has 0 spiro atoms. The molecule has 0 amide bonds. The molecule has 2 aromatic rings. The molecule has 0 atom stereocenters. The number of nitrogens with zero attached hydrogens (tertiary/aromatic N) is 2. The van der Waals surface area contributed by atoms with E-state index in [1.54, 1.807) is 0 Å². The Hall–Kier alpha value is -2.56. The van der Waals surface area contributed by atoms with Crippen molar-refractivity contribution < 1.29 is 17.7 Å². The zero-order chi connectivity index (χ0) is 24.1. The highest BCUT2D eigenvalue weighted by molar-refractivity contribution is 7.89. The molecule has 3 N–H and O–H groups in total. The van der Waals surface area contributed by atoms with E-state index in [1.165, 1.54) is 17.7 Å². The second-order valence-corrected chi connectivity index (χ2v) is 8.52. The second-order valence-electron chi connectivity index (χ2n) is 6.96. The van der Waals surface area contributed by atoms with E-state index in [2.05, 4.69) is 36.5 Å². The van der Waals surface area contributed by atoms with Gasteiger partial charge in [0, 0.05) is 32.2 Å². The van der Waals surface area contributed by atoms with E-state index in [0.29, 0.717) is 32.6 Å². The number of nitrogens with two attached hydrogens (primary N) is 1. The maximum absolute atomic E-state index is 12.6. The molecule has 0 unspecified atom stereocenters. The Labute approximate surface area is 189 Å². The van der Waals surface area contributed by atoms with Crippen LogP contribution < -0.4 is 10.5 Å². The lowest BCUT2D eigenvalue weighted by Crippen LogP contribution is -2.48. The number of nitrogens with one attached hydrogen (secondary N) is 1. The van der Waals surface area contributed by atoms with Crippen LogP contribution in [0.5, 0.6) is 0 Å². The quantitative estimate of drug-likeness (QED) is 0.344. The lowest BCUT2D eigenvalue weighted by molar-refractivity contribution is -0.384. The number of hydrogen-bond donors (Lipinski definition) is 2. The maximum Gasteiger partial charge on any atom is 0.293 e. The number of benzene rings is 2. The number of anilines is 1. The number of sulfonamides is 1. The van der Waals surface area contributed by atoms with E-state index in [9.17, 15) is 22.9 Å². The van der Waals surface area contributed by atoms with Gasteiger partial charge in [-0.3, -0.25) is 15.0 Å². The second kappa shape index (κ2) is 13.8. The van der Waals surface area contributed by atoms with E-state index < -0.39 is 21.1 Å². The molecular weight excluding hydrogens is 435 g/mol. The maximum atomic E-state index is 12.6. The Morgan fingerprint density at radius 3 is 2.28 bits per heavy atom. The Morgan fingerprint density at radius 2 is 1.81 bits per heavy atom. The largest absolute Gasteiger partial charge is 0.379 e. The summed E-state index contributed by atoms with van der Waals surface area (Å²) < 4.78 is 35.1. The standard InChI is InChI=1S/C12H17FN4O4S.C8H10.C2H6/c13-9-7-16(8-9)5-1-4-15-11-3-2-10(22(14,20)21)6-12(11)17(18)19;1-2-8-6-4-3-5-7-8;1-2/h2-3,6,9,15H,1,4-5,7-8H2,(H2,14,20,21);3-7H,2H2,1H3;1-2H3. The van der Waals surface area contributed by atoms with E-state index in [-0.39, 0.29) is 16.3 Å². The van der Waals surface area contributed by atoms with Gasteiger partial charge < -0.3 is 5.32 Å². The van der Waals surface area contributed by atoms with Crippen molar-refractivity contribution in [2.45, 2.75) is 44.7 Å². The Bertz CT molecular complexity index is 936. The van der Waals surface area contributed by atoms with Crippen LogP contribution >= 0.6 is 0 Å². The van der Waals surface area contributed by atoms with Crippen molar-refractivity contribution in [2.75, 3.05) is 31.5 Å². The monoisotopic (exact) mass is 468 g/mol. The van der Waals surface area contributed by atoms with Gasteiger partial charge in [-0.1, -0.05) is 51.1 Å². The first-order chi connectivity index (χ1) is 15.2. The summed E-state index contributed by atoms with van der Waals surface area (Å²) >= 11 is 0. The summed E-state index contributed by atoms with van der Waals surface area (Å²) in [6, 6.07) is 13.9. The molecule has 1 saturated heterocycles. The smallest absolute Gasteiger partial charge is 0.293 e. The highest BCUT2D eigenvalue weighted by Gasteiger charge is 2.25. The topological polar surface area (TPSA) is 119 Å². The van der Waals surface area contributed by atoms with Crippen LogP contribution in [0.2, 0.25) is 0 Å². The molecule has 2 aromatic carbocycles.